The molecule has 1 unspecified atom stereocenters. The van der Waals surface area contributed by atoms with Gasteiger partial charge in [0, 0.05) is 4.47 Å². The van der Waals surface area contributed by atoms with Crippen molar-refractivity contribution in [1.82, 2.24) is 0 Å². The lowest BCUT2D eigenvalue weighted by Crippen LogP contribution is -2.22. The molecule has 0 heterocycles. The van der Waals surface area contributed by atoms with E-state index in [1.165, 1.54) is 5.56 Å². The number of hydrogen-bond donors (Lipinski definition) is 0. The summed E-state index contributed by atoms with van der Waals surface area (Å²) in [4.78, 5) is 0. The van der Waals surface area contributed by atoms with Crippen molar-refractivity contribution in [2.24, 2.45) is 0 Å². The van der Waals surface area contributed by atoms with E-state index >= 15 is 0 Å². The third-order valence-electron chi connectivity index (χ3n) is 2.73. The van der Waals surface area contributed by atoms with E-state index in [-0.39, 0.29) is 0 Å². The molecule has 0 bridgehead atoms. The Bertz CT molecular complexity index is 331. The first-order chi connectivity index (χ1) is 6.09. The van der Waals surface area contributed by atoms with Crippen LogP contribution in [0.4, 0.5) is 4.39 Å². The molecule has 0 fully saturated rings. The van der Waals surface area contributed by atoms with Crippen LogP contribution in [0.2, 0.25) is 0 Å². The molecule has 13 heavy (non-hydrogen) atoms. The molecular formula is C11H12BrF. The van der Waals surface area contributed by atoms with Gasteiger partial charge in [0.25, 0.3) is 0 Å². The fourth-order valence-corrected chi connectivity index (χ4v) is 2.36. The lowest BCUT2D eigenvalue weighted by molar-refractivity contribution is 0.162. The van der Waals surface area contributed by atoms with Crippen LogP contribution >= 0.6 is 15.9 Å². The van der Waals surface area contributed by atoms with E-state index in [0.717, 1.165) is 22.9 Å². The molecule has 1 aliphatic rings. The Morgan fingerprint density at radius 3 is 3.00 bits per heavy atom. The van der Waals surface area contributed by atoms with Crippen LogP contribution in [0.3, 0.4) is 0 Å². The number of alkyl halides is 1. The Hall–Kier alpha value is -0.370. The molecule has 0 saturated heterocycles. The summed E-state index contributed by atoms with van der Waals surface area (Å²) >= 11 is 3.38. The van der Waals surface area contributed by atoms with E-state index in [0.29, 0.717) is 6.42 Å². The predicted octanol–water partition coefficient (Wildman–Crippen LogP) is 3.97. The third-order valence-corrected chi connectivity index (χ3v) is 3.22. The predicted molar refractivity (Wildman–Crippen MR) is 55.5 cm³/mol. The topological polar surface area (TPSA) is 0 Å². The second-order valence-electron chi connectivity index (χ2n) is 3.85. The van der Waals surface area contributed by atoms with Gasteiger partial charge in [0.1, 0.15) is 5.67 Å². The zero-order valence-electron chi connectivity index (χ0n) is 7.61. The summed E-state index contributed by atoms with van der Waals surface area (Å²) in [5, 5.41) is 0. The van der Waals surface area contributed by atoms with Gasteiger partial charge in [-0.25, -0.2) is 4.39 Å². The number of halogens is 2. The van der Waals surface area contributed by atoms with Gasteiger partial charge in [-0.15, -0.1) is 0 Å². The fourth-order valence-electron chi connectivity index (χ4n) is 2.00. The highest BCUT2D eigenvalue weighted by atomic mass is 79.9. The minimum atomic E-state index is -1.13. The lowest BCUT2D eigenvalue weighted by atomic mass is 9.82. The fraction of sp³-hybridized carbons (Fsp3) is 0.455. The second kappa shape index (κ2) is 3.09. The molecule has 1 aliphatic carbocycles. The zero-order valence-corrected chi connectivity index (χ0v) is 9.20. The van der Waals surface area contributed by atoms with Gasteiger partial charge < -0.3 is 0 Å². The van der Waals surface area contributed by atoms with Crippen molar-refractivity contribution >= 4 is 15.9 Å². The monoisotopic (exact) mass is 242 g/mol. The molecule has 1 aromatic rings. The summed E-state index contributed by atoms with van der Waals surface area (Å²) in [7, 11) is 0. The normalized spacial score (nSPS) is 27.0. The van der Waals surface area contributed by atoms with E-state index in [1.54, 1.807) is 6.92 Å². The Morgan fingerprint density at radius 2 is 2.23 bits per heavy atom. The number of hydrogen-bond acceptors (Lipinski definition) is 0. The maximum Gasteiger partial charge on any atom is 0.133 e. The highest BCUT2D eigenvalue weighted by Gasteiger charge is 2.31. The molecule has 0 amide bonds. The Kier molecular flexibility index (Phi) is 2.18. The SMILES string of the molecule is CC1(F)CCCc2ccc(Br)cc21. The van der Waals surface area contributed by atoms with Gasteiger partial charge in [0.15, 0.2) is 0 Å². The van der Waals surface area contributed by atoms with Crippen LogP contribution in [0.25, 0.3) is 0 Å². The van der Waals surface area contributed by atoms with Gasteiger partial charge in [0.05, 0.1) is 0 Å². The summed E-state index contributed by atoms with van der Waals surface area (Å²) < 4.78 is 15.0. The number of benzene rings is 1. The van der Waals surface area contributed by atoms with Crippen molar-refractivity contribution in [3.8, 4) is 0 Å². The number of rotatable bonds is 0. The van der Waals surface area contributed by atoms with Crippen molar-refractivity contribution in [1.29, 1.82) is 0 Å². The van der Waals surface area contributed by atoms with Crippen molar-refractivity contribution < 1.29 is 4.39 Å². The molecule has 0 N–H and O–H groups in total. The van der Waals surface area contributed by atoms with Gasteiger partial charge in [0.2, 0.25) is 0 Å². The van der Waals surface area contributed by atoms with Crippen LogP contribution in [0.1, 0.15) is 30.9 Å². The molecule has 0 aliphatic heterocycles. The van der Waals surface area contributed by atoms with Gasteiger partial charge in [-0.2, -0.15) is 0 Å². The van der Waals surface area contributed by atoms with Gasteiger partial charge >= 0.3 is 0 Å². The van der Waals surface area contributed by atoms with Gasteiger partial charge in [-0.1, -0.05) is 22.0 Å². The number of aryl methyl sites for hydroxylation is 1. The Morgan fingerprint density at radius 1 is 1.46 bits per heavy atom. The molecule has 0 radical (unpaired) electrons. The molecule has 1 aromatic carbocycles. The first-order valence-electron chi connectivity index (χ1n) is 4.57. The maximum absolute atomic E-state index is 14.0. The Labute approximate surface area is 86.3 Å². The lowest BCUT2D eigenvalue weighted by Gasteiger charge is -2.28. The van der Waals surface area contributed by atoms with E-state index in [1.807, 2.05) is 18.2 Å². The third kappa shape index (κ3) is 1.64. The smallest absolute Gasteiger partial charge is 0.133 e. The average Bonchev–Trinajstić information content (AvgIpc) is 2.06. The minimum absolute atomic E-state index is 0.649. The second-order valence-corrected chi connectivity index (χ2v) is 4.77. The van der Waals surface area contributed by atoms with Crippen LogP contribution in [0.15, 0.2) is 22.7 Å². The molecule has 0 saturated carbocycles. The van der Waals surface area contributed by atoms with Crippen LogP contribution < -0.4 is 0 Å². The van der Waals surface area contributed by atoms with E-state index in [9.17, 15) is 4.39 Å². The molecule has 1 atom stereocenters. The quantitative estimate of drug-likeness (QED) is 0.646. The largest absolute Gasteiger partial charge is 0.239 e. The van der Waals surface area contributed by atoms with E-state index in [2.05, 4.69) is 15.9 Å². The maximum atomic E-state index is 14.0. The summed E-state index contributed by atoms with van der Waals surface area (Å²) in [5.74, 6) is 0. The summed E-state index contributed by atoms with van der Waals surface area (Å²) in [5.41, 5.74) is 0.907. The van der Waals surface area contributed by atoms with Crippen LogP contribution in [-0.2, 0) is 12.1 Å². The van der Waals surface area contributed by atoms with Crippen LogP contribution in [-0.4, -0.2) is 0 Å². The van der Waals surface area contributed by atoms with Crippen LogP contribution in [0.5, 0.6) is 0 Å². The van der Waals surface area contributed by atoms with Crippen molar-refractivity contribution in [3.63, 3.8) is 0 Å². The molecule has 0 nitrogen and oxygen atoms in total. The molecule has 70 valence electrons. The van der Waals surface area contributed by atoms with Crippen molar-refractivity contribution in [2.45, 2.75) is 31.9 Å². The summed E-state index contributed by atoms with van der Waals surface area (Å²) in [6.07, 6.45) is 2.63. The van der Waals surface area contributed by atoms with Crippen molar-refractivity contribution in [3.05, 3.63) is 33.8 Å². The molecule has 0 spiro atoms. The summed E-state index contributed by atoms with van der Waals surface area (Å²) in [6.45, 7) is 1.68. The summed E-state index contributed by atoms with van der Waals surface area (Å²) in [6, 6.07) is 5.92. The van der Waals surface area contributed by atoms with Crippen LogP contribution in [0, 0.1) is 0 Å². The van der Waals surface area contributed by atoms with E-state index in [4.69, 9.17) is 0 Å². The first kappa shape index (κ1) is 9.20. The van der Waals surface area contributed by atoms with Crippen molar-refractivity contribution in [2.75, 3.05) is 0 Å². The Balaban J connectivity index is 2.55. The first-order valence-corrected chi connectivity index (χ1v) is 5.37. The van der Waals surface area contributed by atoms with E-state index < -0.39 is 5.67 Å². The minimum Gasteiger partial charge on any atom is -0.239 e. The van der Waals surface area contributed by atoms with Gasteiger partial charge in [-0.3, -0.25) is 0 Å². The average molecular weight is 243 g/mol. The highest BCUT2D eigenvalue weighted by molar-refractivity contribution is 9.10. The van der Waals surface area contributed by atoms with Gasteiger partial charge in [-0.05, 0) is 49.4 Å². The standard InChI is InChI=1S/C11H12BrF/c1-11(13)6-2-3-8-4-5-9(12)7-10(8)11/h4-5,7H,2-3,6H2,1H3. The molecule has 0 aromatic heterocycles. The zero-order chi connectivity index (χ0) is 9.47. The molecular weight excluding hydrogens is 231 g/mol. The molecule has 2 rings (SSSR count). The molecule has 2 heteroatoms. The number of fused-ring (bicyclic) bond motifs is 1. The highest BCUT2D eigenvalue weighted by Crippen LogP contribution is 2.39.